The molecule has 138 valence electrons. The van der Waals surface area contributed by atoms with Crippen LogP contribution in [0, 0.1) is 5.92 Å². The fraction of sp³-hybridized carbons (Fsp3) is 0.579. The second-order valence-corrected chi connectivity index (χ2v) is 7.31. The number of carbonyl (C=O) groups is 2. The molecule has 25 heavy (non-hydrogen) atoms. The predicted octanol–water partition coefficient (Wildman–Crippen LogP) is 2.94. The van der Waals surface area contributed by atoms with Gasteiger partial charge in [0.1, 0.15) is 5.75 Å². The summed E-state index contributed by atoms with van der Waals surface area (Å²) in [6.07, 6.45) is 3.62. The van der Waals surface area contributed by atoms with E-state index in [0.717, 1.165) is 42.9 Å². The first kappa shape index (κ1) is 19.6. The molecule has 2 amide bonds. The molecule has 0 spiro atoms. The Morgan fingerprint density at radius 1 is 1.24 bits per heavy atom. The maximum Gasteiger partial charge on any atom is 0.232 e. The molecule has 1 aliphatic rings. The SMILES string of the molecule is CCCCNC(=O)C1CCN(C(=O)CSc2ccc(OC)cc2)CC1. The zero-order valence-corrected chi connectivity index (χ0v) is 15.9. The molecule has 1 fully saturated rings. The van der Waals surface area contributed by atoms with Gasteiger partial charge in [-0.3, -0.25) is 9.59 Å². The zero-order chi connectivity index (χ0) is 18.1. The van der Waals surface area contributed by atoms with Gasteiger partial charge in [-0.25, -0.2) is 0 Å². The number of hydrogen-bond donors (Lipinski definition) is 1. The van der Waals surface area contributed by atoms with Crippen molar-refractivity contribution >= 4 is 23.6 Å². The van der Waals surface area contributed by atoms with Gasteiger partial charge >= 0.3 is 0 Å². The number of carbonyl (C=O) groups excluding carboxylic acids is 2. The zero-order valence-electron chi connectivity index (χ0n) is 15.1. The van der Waals surface area contributed by atoms with Gasteiger partial charge in [-0.05, 0) is 43.5 Å². The van der Waals surface area contributed by atoms with Gasteiger partial charge < -0.3 is 15.0 Å². The number of amides is 2. The molecular formula is C19H28N2O3S. The Labute approximate surface area is 154 Å². The van der Waals surface area contributed by atoms with Crippen molar-refractivity contribution in [3.05, 3.63) is 24.3 Å². The topological polar surface area (TPSA) is 58.6 Å². The summed E-state index contributed by atoms with van der Waals surface area (Å²) in [6.45, 7) is 4.22. The predicted molar refractivity (Wildman–Crippen MR) is 101 cm³/mol. The molecule has 2 rings (SSSR count). The third kappa shape index (κ3) is 6.27. The van der Waals surface area contributed by atoms with Crippen LogP contribution in [0.25, 0.3) is 0 Å². The van der Waals surface area contributed by atoms with Crippen LogP contribution >= 0.6 is 11.8 Å². The molecule has 0 atom stereocenters. The van der Waals surface area contributed by atoms with Gasteiger partial charge in [0.05, 0.1) is 12.9 Å². The number of likely N-dealkylation sites (tertiary alicyclic amines) is 1. The maximum absolute atomic E-state index is 12.4. The van der Waals surface area contributed by atoms with Crippen LogP contribution in [0.2, 0.25) is 0 Å². The quantitative estimate of drug-likeness (QED) is 0.569. The third-order valence-corrected chi connectivity index (χ3v) is 5.47. The lowest BCUT2D eigenvalue weighted by Gasteiger charge is -2.31. The van der Waals surface area contributed by atoms with Crippen molar-refractivity contribution in [3.8, 4) is 5.75 Å². The minimum Gasteiger partial charge on any atom is -0.497 e. The van der Waals surface area contributed by atoms with Crippen LogP contribution < -0.4 is 10.1 Å². The second kappa shape index (κ2) is 10.3. The van der Waals surface area contributed by atoms with E-state index in [-0.39, 0.29) is 17.7 Å². The highest BCUT2D eigenvalue weighted by molar-refractivity contribution is 8.00. The number of ether oxygens (including phenoxy) is 1. The molecule has 0 unspecified atom stereocenters. The van der Waals surface area contributed by atoms with Crippen LogP contribution in [0.4, 0.5) is 0 Å². The van der Waals surface area contributed by atoms with Gasteiger partial charge in [0.2, 0.25) is 11.8 Å². The number of nitrogens with zero attached hydrogens (tertiary/aromatic N) is 1. The van der Waals surface area contributed by atoms with Crippen LogP contribution in [-0.2, 0) is 9.59 Å². The molecule has 0 saturated carbocycles. The van der Waals surface area contributed by atoms with E-state index in [9.17, 15) is 9.59 Å². The molecule has 1 heterocycles. The van der Waals surface area contributed by atoms with Crippen molar-refractivity contribution in [1.29, 1.82) is 0 Å². The minimum atomic E-state index is 0.0511. The van der Waals surface area contributed by atoms with Crippen molar-refractivity contribution in [2.45, 2.75) is 37.5 Å². The van der Waals surface area contributed by atoms with Gasteiger partial charge in [-0.1, -0.05) is 13.3 Å². The van der Waals surface area contributed by atoms with E-state index in [4.69, 9.17) is 4.74 Å². The summed E-state index contributed by atoms with van der Waals surface area (Å²) in [7, 11) is 1.64. The number of piperidine rings is 1. The molecule has 6 heteroatoms. The first-order chi connectivity index (χ1) is 12.1. The van der Waals surface area contributed by atoms with Gasteiger partial charge in [0.15, 0.2) is 0 Å². The van der Waals surface area contributed by atoms with Crippen molar-refractivity contribution in [2.24, 2.45) is 5.92 Å². The van der Waals surface area contributed by atoms with E-state index in [1.54, 1.807) is 7.11 Å². The number of rotatable bonds is 8. The number of nitrogens with one attached hydrogen (secondary N) is 1. The first-order valence-electron chi connectivity index (χ1n) is 8.96. The summed E-state index contributed by atoms with van der Waals surface area (Å²) in [4.78, 5) is 27.4. The van der Waals surface area contributed by atoms with Gasteiger partial charge in [-0.2, -0.15) is 0 Å². The van der Waals surface area contributed by atoms with Crippen LogP contribution in [-0.4, -0.2) is 49.2 Å². The van der Waals surface area contributed by atoms with Gasteiger partial charge in [0, 0.05) is 30.4 Å². The highest BCUT2D eigenvalue weighted by atomic mass is 32.2. The molecule has 1 saturated heterocycles. The fourth-order valence-electron chi connectivity index (χ4n) is 2.83. The molecule has 1 aromatic carbocycles. The number of hydrogen-bond acceptors (Lipinski definition) is 4. The second-order valence-electron chi connectivity index (χ2n) is 6.26. The standard InChI is InChI=1S/C19H28N2O3S/c1-3-4-11-20-19(23)15-9-12-21(13-10-15)18(22)14-25-17-7-5-16(24-2)6-8-17/h5-8,15H,3-4,9-14H2,1-2H3,(H,20,23). The summed E-state index contributed by atoms with van der Waals surface area (Å²) < 4.78 is 5.13. The van der Waals surface area contributed by atoms with E-state index in [1.807, 2.05) is 29.2 Å². The highest BCUT2D eigenvalue weighted by Crippen LogP contribution is 2.23. The van der Waals surface area contributed by atoms with Crippen molar-refractivity contribution in [3.63, 3.8) is 0 Å². The Morgan fingerprint density at radius 2 is 1.92 bits per heavy atom. The van der Waals surface area contributed by atoms with Crippen LogP contribution in [0.3, 0.4) is 0 Å². The van der Waals surface area contributed by atoms with Crippen molar-refractivity contribution in [1.82, 2.24) is 10.2 Å². The summed E-state index contributed by atoms with van der Waals surface area (Å²) in [5, 5.41) is 3.00. The van der Waals surface area contributed by atoms with Crippen LogP contribution in [0.1, 0.15) is 32.6 Å². The Kier molecular flexibility index (Phi) is 8.12. The third-order valence-electron chi connectivity index (χ3n) is 4.47. The smallest absolute Gasteiger partial charge is 0.232 e. The van der Waals surface area contributed by atoms with E-state index in [1.165, 1.54) is 11.8 Å². The van der Waals surface area contributed by atoms with Crippen LogP contribution in [0.5, 0.6) is 5.75 Å². The minimum absolute atomic E-state index is 0.0511. The Bertz CT molecular complexity index is 554. The normalized spacial score (nSPS) is 15.0. The lowest BCUT2D eigenvalue weighted by Crippen LogP contribution is -2.43. The average Bonchev–Trinajstić information content (AvgIpc) is 2.66. The van der Waals surface area contributed by atoms with E-state index in [0.29, 0.717) is 18.8 Å². The molecule has 1 aliphatic heterocycles. The average molecular weight is 365 g/mol. The number of thioether (sulfide) groups is 1. The number of methoxy groups -OCH3 is 1. The molecule has 5 nitrogen and oxygen atoms in total. The van der Waals surface area contributed by atoms with E-state index < -0.39 is 0 Å². The maximum atomic E-state index is 12.4. The largest absolute Gasteiger partial charge is 0.497 e. The first-order valence-corrected chi connectivity index (χ1v) is 9.95. The fourth-order valence-corrected chi connectivity index (χ4v) is 3.63. The van der Waals surface area contributed by atoms with Crippen molar-refractivity contribution < 1.29 is 14.3 Å². The number of benzene rings is 1. The van der Waals surface area contributed by atoms with Gasteiger partial charge in [0.25, 0.3) is 0 Å². The summed E-state index contributed by atoms with van der Waals surface area (Å²) in [6, 6.07) is 7.72. The lowest BCUT2D eigenvalue weighted by molar-refractivity contribution is -0.133. The van der Waals surface area contributed by atoms with Gasteiger partial charge in [-0.15, -0.1) is 11.8 Å². The Hall–Kier alpha value is -1.69. The molecule has 0 aliphatic carbocycles. The lowest BCUT2D eigenvalue weighted by atomic mass is 9.96. The molecular weight excluding hydrogens is 336 g/mol. The van der Waals surface area contributed by atoms with E-state index >= 15 is 0 Å². The van der Waals surface area contributed by atoms with Crippen LogP contribution in [0.15, 0.2) is 29.2 Å². The molecule has 1 aromatic rings. The summed E-state index contributed by atoms with van der Waals surface area (Å²) in [5.74, 6) is 1.59. The van der Waals surface area contributed by atoms with Crippen molar-refractivity contribution in [2.75, 3.05) is 32.5 Å². The molecule has 0 aromatic heterocycles. The monoisotopic (exact) mass is 364 g/mol. The summed E-state index contributed by atoms with van der Waals surface area (Å²) >= 11 is 1.54. The molecule has 1 N–H and O–H groups in total. The Morgan fingerprint density at radius 3 is 2.52 bits per heavy atom. The Balaban J connectivity index is 1.70. The highest BCUT2D eigenvalue weighted by Gasteiger charge is 2.26. The number of unbranched alkanes of at least 4 members (excludes halogenated alkanes) is 1. The molecule has 0 bridgehead atoms. The summed E-state index contributed by atoms with van der Waals surface area (Å²) in [5.41, 5.74) is 0. The van der Waals surface area contributed by atoms with E-state index in [2.05, 4.69) is 12.2 Å². The molecule has 0 radical (unpaired) electrons.